The largest absolute Gasteiger partial charge is 0.493 e. The molecule has 0 saturated carbocycles. The predicted octanol–water partition coefficient (Wildman–Crippen LogP) is 5.72. The number of nitrogens with one attached hydrogen (secondary N) is 1. The van der Waals surface area contributed by atoms with Crippen molar-refractivity contribution in [1.82, 2.24) is 4.90 Å². The molecule has 3 rings (SSSR count). The van der Waals surface area contributed by atoms with Crippen LogP contribution in [0, 0.1) is 0 Å². The standard InChI is InChI=1S/C28H38N2O3/c1-20(2)30(21(3)4)16-7-17-33-27-19-25(13-14-26(27)32-5)29-28(31)15-11-22-10-12-23-8-6-9-24(23)18-22/h10-15,18-21H,6-9,16-17H2,1-5H3,(H,29,31)/b15-11+. The molecule has 0 aliphatic heterocycles. The van der Waals surface area contributed by atoms with Crippen molar-refractivity contribution >= 4 is 17.7 Å². The molecule has 1 aliphatic carbocycles. The number of fused-ring (bicyclic) bond motifs is 1. The second kappa shape index (κ2) is 11.9. The summed E-state index contributed by atoms with van der Waals surface area (Å²) in [5.74, 6) is 1.13. The van der Waals surface area contributed by atoms with Crippen LogP contribution in [0.1, 0.15) is 57.2 Å². The third-order valence-electron chi connectivity index (χ3n) is 6.13. The first-order valence-corrected chi connectivity index (χ1v) is 12.0. The van der Waals surface area contributed by atoms with Gasteiger partial charge in [-0.3, -0.25) is 9.69 Å². The van der Waals surface area contributed by atoms with Crippen LogP contribution in [0.25, 0.3) is 6.08 Å². The fraction of sp³-hybridized carbons (Fsp3) is 0.464. The Balaban J connectivity index is 1.56. The number of anilines is 1. The first-order chi connectivity index (χ1) is 15.9. The quantitative estimate of drug-likeness (QED) is 0.351. The Hall–Kier alpha value is -2.79. The molecule has 0 atom stereocenters. The van der Waals surface area contributed by atoms with Gasteiger partial charge in [-0.05, 0) is 88.3 Å². The summed E-state index contributed by atoms with van der Waals surface area (Å²) in [6.07, 6.45) is 7.87. The van der Waals surface area contributed by atoms with E-state index < -0.39 is 0 Å². The first kappa shape index (κ1) is 24.8. The molecule has 1 N–H and O–H groups in total. The number of rotatable bonds is 11. The lowest BCUT2D eigenvalue weighted by atomic mass is 10.1. The highest BCUT2D eigenvalue weighted by Gasteiger charge is 2.13. The summed E-state index contributed by atoms with van der Waals surface area (Å²) in [7, 11) is 1.62. The summed E-state index contributed by atoms with van der Waals surface area (Å²) < 4.78 is 11.5. The van der Waals surface area contributed by atoms with Gasteiger partial charge in [-0.15, -0.1) is 0 Å². The maximum absolute atomic E-state index is 12.5. The van der Waals surface area contributed by atoms with Crippen molar-refractivity contribution in [1.29, 1.82) is 0 Å². The van der Waals surface area contributed by atoms with Gasteiger partial charge < -0.3 is 14.8 Å². The van der Waals surface area contributed by atoms with Crippen LogP contribution in [0.15, 0.2) is 42.5 Å². The summed E-state index contributed by atoms with van der Waals surface area (Å²) in [5, 5.41) is 2.93. The minimum absolute atomic E-state index is 0.170. The van der Waals surface area contributed by atoms with Gasteiger partial charge in [0.25, 0.3) is 0 Å². The lowest BCUT2D eigenvalue weighted by Crippen LogP contribution is -2.38. The zero-order valence-corrected chi connectivity index (χ0v) is 20.7. The second-order valence-corrected chi connectivity index (χ2v) is 9.20. The molecule has 5 heteroatoms. The molecular formula is C28H38N2O3. The molecule has 0 saturated heterocycles. The Morgan fingerprint density at radius 1 is 1.03 bits per heavy atom. The number of nitrogens with zero attached hydrogens (tertiary/aromatic N) is 1. The van der Waals surface area contributed by atoms with E-state index >= 15 is 0 Å². The summed E-state index contributed by atoms with van der Waals surface area (Å²) >= 11 is 0. The minimum Gasteiger partial charge on any atom is -0.493 e. The number of amides is 1. The summed E-state index contributed by atoms with van der Waals surface area (Å²) in [4.78, 5) is 14.9. The average molecular weight is 451 g/mol. The number of carbonyl (C=O) groups excluding carboxylic acids is 1. The van der Waals surface area contributed by atoms with Crippen molar-refractivity contribution in [3.8, 4) is 11.5 Å². The van der Waals surface area contributed by atoms with Crippen LogP contribution in [-0.2, 0) is 17.6 Å². The molecule has 5 nitrogen and oxygen atoms in total. The van der Waals surface area contributed by atoms with E-state index in [-0.39, 0.29) is 5.91 Å². The Morgan fingerprint density at radius 3 is 2.52 bits per heavy atom. The van der Waals surface area contributed by atoms with Gasteiger partial charge in [0.1, 0.15) is 0 Å². The number of hydrogen-bond donors (Lipinski definition) is 1. The fourth-order valence-electron chi connectivity index (χ4n) is 4.46. The monoisotopic (exact) mass is 450 g/mol. The first-order valence-electron chi connectivity index (χ1n) is 12.0. The van der Waals surface area contributed by atoms with Crippen LogP contribution >= 0.6 is 0 Å². The van der Waals surface area contributed by atoms with Gasteiger partial charge in [-0.2, -0.15) is 0 Å². The maximum Gasteiger partial charge on any atom is 0.248 e. The van der Waals surface area contributed by atoms with Gasteiger partial charge in [-0.25, -0.2) is 0 Å². The number of hydrogen-bond acceptors (Lipinski definition) is 4. The van der Waals surface area contributed by atoms with Gasteiger partial charge in [-0.1, -0.05) is 18.2 Å². The maximum atomic E-state index is 12.5. The number of carbonyl (C=O) groups is 1. The lowest BCUT2D eigenvalue weighted by Gasteiger charge is -2.30. The van der Waals surface area contributed by atoms with Crippen molar-refractivity contribution in [3.05, 3.63) is 59.2 Å². The summed E-state index contributed by atoms with van der Waals surface area (Å²) in [6, 6.07) is 12.9. The minimum atomic E-state index is -0.170. The van der Waals surface area contributed by atoms with Gasteiger partial charge >= 0.3 is 0 Å². The molecule has 0 aromatic heterocycles. The number of aryl methyl sites for hydroxylation is 2. The molecule has 0 fully saturated rings. The van der Waals surface area contributed by atoms with Crippen LogP contribution in [0.3, 0.4) is 0 Å². The molecule has 0 heterocycles. The van der Waals surface area contributed by atoms with E-state index in [9.17, 15) is 4.79 Å². The van der Waals surface area contributed by atoms with Crippen LogP contribution in [0.2, 0.25) is 0 Å². The van der Waals surface area contributed by atoms with Crippen molar-refractivity contribution < 1.29 is 14.3 Å². The van der Waals surface area contributed by atoms with Crippen molar-refractivity contribution in [3.63, 3.8) is 0 Å². The Kier molecular flexibility index (Phi) is 8.95. The van der Waals surface area contributed by atoms with Crippen molar-refractivity contribution in [2.45, 2.75) is 65.5 Å². The highest BCUT2D eigenvalue weighted by Crippen LogP contribution is 2.30. The molecule has 1 aliphatic rings. The molecule has 2 aromatic rings. The number of benzene rings is 2. The summed E-state index contributed by atoms with van der Waals surface area (Å²) in [6.45, 7) is 10.4. The van der Waals surface area contributed by atoms with E-state index in [1.54, 1.807) is 13.2 Å². The third-order valence-corrected chi connectivity index (χ3v) is 6.13. The van der Waals surface area contributed by atoms with Crippen LogP contribution < -0.4 is 14.8 Å². The third kappa shape index (κ3) is 7.10. The zero-order chi connectivity index (χ0) is 23.8. The molecule has 33 heavy (non-hydrogen) atoms. The van der Waals surface area contributed by atoms with E-state index in [1.807, 2.05) is 24.3 Å². The molecule has 0 bridgehead atoms. The van der Waals surface area contributed by atoms with Gasteiger partial charge in [0, 0.05) is 36.5 Å². The van der Waals surface area contributed by atoms with Crippen molar-refractivity contribution in [2.24, 2.45) is 0 Å². The topological polar surface area (TPSA) is 50.8 Å². The fourth-order valence-corrected chi connectivity index (χ4v) is 4.46. The molecule has 0 unspecified atom stereocenters. The van der Waals surface area contributed by atoms with E-state index in [4.69, 9.17) is 9.47 Å². The normalized spacial score (nSPS) is 13.2. The molecule has 0 spiro atoms. The van der Waals surface area contributed by atoms with Gasteiger partial charge in [0.15, 0.2) is 11.5 Å². The summed E-state index contributed by atoms with van der Waals surface area (Å²) in [5.41, 5.74) is 4.57. The molecule has 178 valence electrons. The number of methoxy groups -OCH3 is 1. The highest BCUT2D eigenvalue weighted by molar-refractivity contribution is 6.02. The van der Waals surface area contributed by atoms with E-state index in [0.29, 0.717) is 35.9 Å². The molecule has 2 aromatic carbocycles. The van der Waals surface area contributed by atoms with Gasteiger partial charge in [0.05, 0.1) is 13.7 Å². The van der Waals surface area contributed by atoms with Crippen molar-refractivity contribution in [2.75, 3.05) is 25.6 Å². The predicted molar refractivity (Wildman–Crippen MR) is 136 cm³/mol. The van der Waals surface area contributed by atoms with E-state index in [0.717, 1.165) is 31.4 Å². The molecule has 0 radical (unpaired) electrons. The van der Waals surface area contributed by atoms with Crippen LogP contribution in [0.4, 0.5) is 5.69 Å². The smallest absolute Gasteiger partial charge is 0.248 e. The lowest BCUT2D eigenvalue weighted by molar-refractivity contribution is -0.111. The Morgan fingerprint density at radius 2 is 1.79 bits per heavy atom. The SMILES string of the molecule is COc1ccc(NC(=O)/C=C/c2ccc3c(c2)CCC3)cc1OCCCN(C(C)C)C(C)C. The Labute approximate surface area is 198 Å². The Bertz CT molecular complexity index is 958. The molecule has 1 amide bonds. The van der Waals surface area contributed by atoms with E-state index in [1.165, 1.54) is 17.5 Å². The molecular weight excluding hydrogens is 412 g/mol. The van der Waals surface area contributed by atoms with Gasteiger partial charge in [0.2, 0.25) is 5.91 Å². The zero-order valence-electron chi connectivity index (χ0n) is 20.7. The second-order valence-electron chi connectivity index (χ2n) is 9.20. The van der Waals surface area contributed by atoms with E-state index in [2.05, 4.69) is 56.1 Å². The van der Waals surface area contributed by atoms with Crippen LogP contribution in [0.5, 0.6) is 11.5 Å². The highest BCUT2D eigenvalue weighted by atomic mass is 16.5. The van der Waals surface area contributed by atoms with Crippen LogP contribution in [-0.4, -0.2) is 43.2 Å². The number of ether oxygens (including phenoxy) is 2. The average Bonchev–Trinajstić information content (AvgIpc) is 3.25.